The van der Waals surface area contributed by atoms with E-state index in [1.807, 2.05) is 27.2 Å². The molecule has 0 aliphatic rings. The lowest BCUT2D eigenvalue weighted by atomic mass is 10.0. The van der Waals surface area contributed by atoms with Crippen LogP contribution in [0, 0.1) is 0 Å². The Labute approximate surface area is 441 Å². The molecule has 0 bridgehead atoms. The van der Waals surface area contributed by atoms with Gasteiger partial charge in [0.25, 0.3) is 0 Å². The van der Waals surface area contributed by atoms with Crippen molar-refractivity contribution < 1.29 is 32.9 Å². The maximum absolute atomic E-state index is 13.0. The number of likely N-dealkylation sites (N-methyl/N-ethyl adjacent to an activating group) is 1. The van der Waals surface area contributed by atoms with Gasteiger partial charge in [0.1, 0.15) is 13.2 Å². The first kappa shape index (κ1) is 69.2. The average molecular weight is 1020 g/mol. The smallest absolute Gasteiger partial charge is 0.387 e. The van der Waals surface area contributed by atoms with Crippen LogP contribution in [0.1, 0.15) is 277 Å². The van der Waals surface area contributed by atoms with Crippen molar-refractivity contribution in [1.29, 1.82) is 0 Å². The van der Waals surface area contributed by atoms with E-state index in [4.69, 9.17) is 9.05 Å². The molecule has 9 heteroatoms. The minimum absolute atomic E-state index is 0.0534. The summed E-state index contributed by atoms with van der Waals surface area (Å²) in [6.45, 7) is 4.77. The highest BCUT2D eigenvalue weighted by molar-refractivity contribution is 7.47. The van der Waals surface area contributed by atoms with Crippen LogP contribution in [-0.4, -0.2) is 73.4 Å². The molecule has 0 spiro atoms. The van der Waals surface area contributed by atoms with Crippen molar-refractivity contribution in [2.45, 2.75) is 289 Å². The van der Waals surface area contributed by atoms with Gasteiger partial charge < -0.3 is 19.8 Å². The van der Waals surface area contributed by atoms with Gasteiger partial charge in [-0.2, -0.15) is 0 Å². The molecular formula is C62H118N2O6P+. The third-order valence-corrected chi connectivity index (χ3v) is 14.4. The summed E-state index contributed by atoms with van der Waals surface area (Å²) in [6, 6.07) is -0.869. The molecule has 0 fully saturated rings. The van der Waals surface area contributed by atoms with Crippen LogP contribution in [0.2, 0.25) is 0 Å². The summed E-state index contributed by atoms with van der Waals surface area (Å²) in [6.07, 6.45) is 72.1. The number of unbranched alkanes of at least 4 members (excludes halogenated alkanes) is 34. The first-order valence-electron chi connectivity index (χ1n) is 30.2. The number of phosphoric acid groups is 1. The van der Waals surface area contributed by atoms with E-state index in [-0.39, 0.29) is 19.1 Å². The number of phosphoric ester groups is 1. The topological polar surface area (TPSA) is 105 Å². The van der Waals surface area contributed by atoms with E-state index < -0.39 is 20.0 Å². The van der Waals surface area contributed by atoms with Gasteiger partial charge in [-0.15, -0.1) is 0 Å². The monoisotopic (exact) mass is 1020 g/mol. The molecule has 1 amide bonds. The number of allylic oxidation sites excluding steroid dienone is 9. The number of hydrogen-bond acceptors (Lipinski definition) is 5. The molecular weight excluding hydrogens is 900 g/mol. The van der Waals surface area contributed by atoms with E-state index in [1.54, 1.807) is 6.08 Å². The second-order valence-electron chi connectivity index (χ2n) is 21.7. The molecule has 0 heterocycles. The number of aliphatic hydroxyl groups excluding tert-OH is 1. The van der Waals surface area contributed by atoms with Gasteiger partial charge in [-0.3, -0.25) is 13.8 Å². The Hall–Kier alpha value is -1.80. The van der Waals surface area contributed by atoms with Crippen LogP contribution in [0.25, 0.3) is 0 Å². The lowest BCUT2D eigenvalue weighted by molar-refractivity contribution is -0.870. The molecule has 0 rings (SSSR count). The van der Waals surface area contributed by atoms with E-state index in [0.717, 1.165) is 51.4 Å². The van der Waals surface area contributed by atoms with E-state index in [2.05, 4.69) is 67.8 Å². The largest absolute Gasteiger partial charge is 0.472 e. The van der Waals surface area contributed by atoms with Crippen molar-refractivity contribution in [2.75, 3.05) is 40.9 Å². The summed E-state index contributed by atoms with van der Waals surface area (Å²) < 4.78 is 23.6. The number of nitrogens with one attached hydrogen (secondary N) is 1. The minimum atomic E-state index is -4.36. The molecule has 0 aromatic rings. The quantitative estimate of drug-likeness (QED) is 0.0243. The van der Waals surface area contributed by atoms with Gasteiger partial charge in [0.2, 0.25) is 5.91 Å². The van der Waals surface area contributed by atoms with Gasteiger partial charge in [0, 0.05) is 6.42 Å². The third-order valence-electron chi connectivity index (χ3n) is 13.4. The van der Waals surface area contributed by atoms with Crippen LogP contribution in [0.15, 0.2) is 60.8 Å². The Bertz CT molecular complexity index is 1340. The Morgan fingerprint density at radius 3 is 1.23 bits per heavy atom. The Morgan fingerprint density at radius 1 is 0.479 bits per heavy atom. The molecule has 0 aromatic carbocycles. The molecule has 3 atom stereocenters. The van der Waals surface area contributed by atoms with Crippen molar-refractivity contribution in [1.82, 2.24) is 5.32 Å². The van der Waals surface area contributed by atoms with Crippen molar-refractivity contribution in [3.05, 3.63) is 60.8 Å². The van der Waals surface area contributed by atoms with Crippen molar-refractivity contribution >= 4 is 13.7 Å². The number of rotatable bonds is 55. The highest BCUT2D eigenvalue weighted by Gasteiger charge is 2.27. The summed E-state index contributed by atoms with van der Waals surface area (Å²) >= 11 is 0. The fourth-order valence-corrected chi connectivity index (χ4v) is 9.43. The zero-order chi connectivity index (χ0) is 52.0. The molecule has 71 heavy (non-hydrogen) atoms. The molecule has 0 saturated heterocycles. The highest BCUT2D eigenvalue weighted by atomic mass is 31.2. The van der Waals surface area contributed by atoms with Crippen LogP contribution in [-0.2, 0) is 18.4 Å². The number of amides is 1. The van der Waals surface area contributed by atoms with Crippen molar-refractivity contribution in [2.24, 2.45) is 0 Å². The fraction of sp³-hybridized carbons (Fsp3) is 0.823. The predicted molar refractivity (Wildman–Crippen MR) is 309 cm³/mol. The summed E-state index contributed by atoms with van der Waals surface area (Å²) in [4.78, 5) is 23.3. The minimum Gasteiger partial charge on any atom is -0.387 e. The van der Waals surface area contributed by atoms with Crippen LogP contribution >= 0.6 is 7.82 Å². The Balaban J connectivity index is 3.99. The fourth-order valence-electron chi connectivity index (χ4n) is 8.69. The number of carbonyl (C=O) groups is 1. The van der Waals surface area contributed by atoms with E-state index in [1.165, 1.54) is 205 Å². The van der Waals surface area contributed by atoms with E-state index in [0.29, 0.717) is 17.4 Å². The van der Waals surface area contributed by atoms with Crippen molar-refractivity contribution in [3.8, 4) is 0 Å². The van der Waals surface area contributed by atoms with Crippen molar-refractivity contribution in [3.63, 3.8) is 0 Å². The lowest BCUT2D eigenvalue weighted by Crippen LogP contribution is -2.45. The molecule has 8 nitrogen and oxygen atoms in total. The maximum Gasteiger partial charge on any atom is 0.472 e. The SMILES string of the molecule is CCCCCC/C=C/CC/C=C/CC/C=C/C(O)C(COP(=O)(O)OCC[N+](C)(C)C)NC(=O)CCCCCCCCCCCCCCCCCCCCCCCCC/C=C\C/C=C\CCCCCCC. The van der Waals surface area contributed by atoms with Crippen LogP contribution in [0.3, 0.4) is 0 Å². The Morgan fingerprint density at radius 2 is 0.817 bits per heavy atom. The molecule has 0 aliphatic carbocycles. The normalized spacial score (nSPS) is 14.3. The lowest BCUT2D eigenvalue weighted by Gasteiger charge is -2.25. The number of carbonyl (C=O) groups excluding carboxylic acids is 1. The highest BCUT2D eigenvalue weighted by Crippen LogP contribution is 2.43. The summed E-state index contributed by atoms with van der Waals surface area (Å²) in [5.74, 6) is -0.189. The molecule has 0 aromatic heterocycles. The molecule has 0 radical (unpaired) electrons. The molecule has 0 aliphatic heterocycles. The number of hydrogen-bond donors (Lipinski definition) is 3. The van der Waals surface area contributed by atoms with E-state index >= 15 is 0 Å². The summed E-state index contributed by atoms with van der Waals surface area (Å²) in [7, 11) is 1.55. The van der Waals surface area contributed by atoms with E-state index in [9.17, 15) is 19.4 Å². The maximum atomic E-state index is 13.0. The Kier molecular flexibility index (Phi) is 51.7. The van der Waals surface area contributed by atoms with Gasteiger partial charge >= 0.3 is 7.82 Å². The summed E-state index contributed by atoms with van der Waals surface area (Å²) in [5.41, 5.74) is 0. The second-order valence-corrected chi connectivity index (χ2v) is 23.2. The van der Waals surface area contributed by atoms with Crippen LogP contribution in [0.4, 0.5) is 0 Å². The standard InChI is InChI=1S/C62H117N2O6P/c1-6-8-10-12-14-16-18-20-22-23-24-25-26-27-28-29-30-31-32-33-34-35-36-37-38-39-40-41-42-44-46-48-50-52-54-56-62(66)63-60(59-70-71(67,68)69-58-57-64(3,4)5)61(65)55-53-51-49-47-45-43-21-19-17-15-13-11-9-7-2/h17-20,23-24,45,47,53,55,60-61,65H,6-16,21-22,25-44,46,48-52,54,56-59H2,1-5H3,(H-,63,66,67,68)/p+1/b19-17+,20-18-,24-23-,47-45+,55-53+. The predicted octanol–water partition coefficient (Wildman–Crippen LogP) is 18.5. The molecule has 416 valence electrons. The van der Waals surface area contributed by atoms with Gasteiger partial charge in [-0.1, -0.05) is 254 Å². The zero-order valence-electron chi connectivity index (χ0n) is 47.5. The van der Waals surface area contributed by atoms with Crippen LogP contribution < -0.4 is 5.32 Å². The molecule has 0 saturated carbocycles. The number of aliphatic hydroxyl groups is 1. The second kappa shape index (κ2) is 53.0. The molecule has 3 unspecified atom stereocenters. The first-order valence-corrected chi connectivity index (χ1v) is 31.7. The van der Waals surface area contributed by atoms with Gasteiger partial charge in [-0.25, -0.2) is 4.57 Å². The van der Waals surface area contributed by atoms with Gasteiger partial charge in [0.05, 0.1) is 39.9 Å². The summed E-state index contributed by atoms with van der Waals surface area (Å²) in [5, 5.41) is 13.9. The average Bonchev–Trinajstić information content (AvgIpc) is 3.33. The molecule has 3 N–H and O–H groups in total. The number of quaternary nitrogens is 1. The van der Waals surface area contributed by atoms with Gasteiger partial charge in [0.15, 0.2) is 0 Å². The number of nitrogens with zero attached hydrogens (tertiary/aromatic N) is 1. The van der Waals surface area contributed by atoms with Gasteiger partial charge in [-0.05, 0) is 77.0 Å². The zero-order valence-corrected chi connectivity index (χ0v) is 48.4. The van der Waals surface area contributed by atoms with Crippen LogP contribution in [0.5, 0.6) is 0 Å². The third kappa shape index (κ3) is 55.8. The first-order chi connectivity index (χ1) is 34.5.